The smallest absolute Gasteiger partial charge is 0.0998 e. The first-order chi connectivity index (χ1) is 12.7. The Labute approximate surface area is 159 Å². The topological polar surface area (TPSA) is 32.0 Å². The van der Waals surface area contributed by atoms with Crippen molar-refractivity contribution >= 4 is 22.5 Å². The van der Waals surface area contributed by atoms with Gasteiger partial charge in [0.05, 0.1) is 11.6 Å². The van der Waals surface area contributed by atoms with E-state index in [1.807, 2.05) is 24.3 Å². The lowest BCUT2D eigenvalue weighted by Crippen LogP contribution is -2.35. The van der Waals surface area contributed by atoms with Gasteiger partial charge in [-0.15, -0.1) is 0 Å². The van der Waals surface area contributed by atoms with E-state index in [9.17, 15) is 5.26 Å². The van der Waals surface area contributed by atoms with Crippen LogP contribution in [0.3, 0.4) is 0 Å². The summed E-state index contributed by atoms with van der Waals surface area (Å²) in [5, 5.41) is 11.2. The van der Waals surface area contributed by atoms with Gasteiger partial charge in [-0.25, -0.2) is 0 Å². The first kappa shape index (κ1) is 17.1. The minimum Gasteiger partial charge on any atom is -0.344 e. The summed E-state index contributed by atoms with van der Waals surface area (Å²) in [4.78, 5) is 2.55. The quantitative estimate of drug-likeness (QED) is 0.650. The molecule has 4 heteroatoms. The van der Waals surface area contributed by atoms with Crippen molar-refractivity contribution in [1.82, 2.24) is 9.47 Å². The summed E-state index contributed by atoms with van der Waals surface area (Å²) < 4.78 is 2.37. The summed E-state index contributed by atoms with van der Waals surface area (Å²) in [5.41, 5.74) is 3.25. The van der Waals surface area contributed by atoms with E-state index in [0.717, 1.165) is 54.9 Å². The monoisotopic (exact) mass is 363 g/mol. The Balaban J connectivity index is 1.39. The van der Waals surface area contributed by atoms with Gasteiger partial charge in [0.25, 0.3) is 0 Å². The highest BCUT2D eigenvalue weighted by molar-refractivity contribution is 6.30. The summed E-state index contributed by atoms with van der Waals surface area (Å²) >= 11 is 6.08. The highest BCUT2D eigenvalue weighted by Gasteiger charge is 2.21. The maximum atomic E-state index is 9.29. The Morgan fingerprint density at radius 3 is 2.65 bits per heavy atom. The van der Waals surface area contributed by atoms with Gasteiger partial charge in [0.2, 0.25) is 0 Å². The van der Waals surface area contributed by atoms with E-state index in [1.165, 1.54) is 11.1 Å². The first-order valence-corrected chi connectivity index (χ1v) is 9.59. The predicted molar refractivity (Wildman–Crippen MR) is 107 cm³/mol. The highest BCUT2D eigenvalue weighted by Crippen LogP contribution is 2.29. The second-order valence-electron chi connectivity index (χ2n) is 7.03. The number of benzene rings is 2. The summed E-state index contributed by atoms with van der Waals surface area (Å²) in [6.07, 6.45) is 5.49. The average molecular weight is 364 g/mol. The van der Waals surface area contributed by atoms with Crippen LogP contribution in [0.1, 0.15) is 30.0 Å². The van der Waals surface area contributed by atoms with Gasteiger partial charge in [-0.2, -0.15) is 5.26 Å². The maximum absolute atomic E-state index is 9.29. The van der Waals surface area contributed by atoms with Gasteiger partial charge in [-0.1, -0.05) is 29.8 Å². The molecule has 0 atom stereocenters. The van der Waals surface area contributed by atoms with E-state index in [-0.39, 0.29) is 0 Å². The number of likely N-dealkylation sites (tertiary alicyclic amines) is 1. The molecule has 2 heterocycles. The van der Waals surface area contributed by atoms with Crippen molar-refractivity contribution in [3.05, 3.63) is 70.9 Å². The Morgan fingerprint density at radius 2 is 1.88 bits per heavy atom. The molecule has 1 fully saturated rings. The third kappa shape index (κ3) is 3.49. The molecule has 0 aliphatic carbocycles. The largest absolute Gasteiger partial charge is 0.344 e. The van der Waals surface area contributed by atoms with E-state index in [4.69, 9.17) is 11.6 Å². The highest BCUT2D eigenvalue weighted by atomic mass is 35.5. The lowest BCUT2D eigenvalue weighted by molar-refractivity contribution is 0.190. The average Bonchev–Trinajstić information content (AvgIpc) is 3.11. The lowest BCUT2D eigenvalue weighted by Gasteiger charge is -2.33. The van der Waals surface area contributed by atoms with E-state index in [1.54, 1.807) is 0 Å². The zero-order valence-electron chi connectivity index (χ0n) is 14.7. The predicted octanol–water partition coefficient (Wildman–Crippen LogP) is 5.05. The number of aromatic nitrogens is 1. The van der Waals surface area contributed by atoms with Crippen LogP contribution in [0.25, 0.3) is 10.9 Å². The van der Waals surface area contributed by atoms with Crippen molar-refractivity contribution in [2.75, 3.05) is 19.6 Å². The molecule has 3 aromatic rings. The third-order valence-corrected chi connectivity index (χ3v) is 5.67. The van der Waals surface area contributed by atoms with Crippen molar-refractivity contribution in [2.45, 2.75) is 25.3 Å². The third-order valence-electron chi connectivity index (χ3n) is 5.44. The SMILES string of the molecule is N#Cc1cccc2c1ccn2C1CCN(CCc2cccc(Cl)c2)CC1. The van der Waals surface area contributed by atoms with Crippen LogP contribution in [0.2, 0.25) is 5.02 Å². The summed E-state index contributed by atoms with van der Waals surface area (Å²) in [7, 11) is 0. The molecular formula is C22H22ClN3. The molecule has 0 saturated carbocycles. The molecule has 0 N–H and O–H groups in total. The van der Waals surface area contributed by atoms with Crippen molar-refractivity contribution in [2.24, 2.45) is 0 Å². The molecule has 26 heavy (non-hydrogen) atoms. The van der Waals surface area contributed by atoms with Crippen LogP contribution in [-0.2, 0) is 6.42 Å². The zero-order chi connectivity index (χ0) is 17.9. The van der Waals surface area contributed by atoms with Crippen LogP contribution in [0.15, 0.2) is 54.7 Å². The van der Waals surface area contributed by atoms with Crippen molar-refractivity contribution in [3.8, 4) is 6.07 Å². The molecule has 0 unspecified atom stereocenters. The van der Waals surface area contributed by atoms with E-state index < -0.39 is 0 Å². The number of hydrogen-bond acceptors (Lipinski definition) is 2. The van der Waals surface area contributed by atoms with Gasteiger partial charge < -0.3 is 9.47 Å². The number of rotatable bonds is 4. The van der Waals surface area contributed by atoms with E-state index in [0.29, 0.717) is 6.04 Å². The Morgan fingerprint density at radius 1 is 1.08 bits per heavy atom. The van der Waals surface area contributed by atoms with E-state index in [2.05, 4.69) is 46.0 Å². The number of nitrogens with zero attached hydrogens (tertiary/aromatic N) is 3. The molecule has 1 saturated heterocycles. The van der Waals surface area contributed by atoms with Gasteiger partial charge >= 0.3 is 0 Å². The summed E-state index contributed by atoms with van der Waals surface area (Å²) in [5.74, 6) is 0. The van der Waals surface area contributed by atoms with Crippen LogP contribution in [-0.4, -0.2) is 29.1 Å². The molecule has 0 amide bonds. The normalized spacial score (nSPS) is 16.0. The van der Waals surface area contributed by atoms with Crippen molar-refractivity contribution < 1.29 is 0 Å². The number of fused-ring (bicyclic) bond motifs is 1. The molecule has 0 spiro atoms. The number of halogens is 1. The van der Waals surface area contributed by atoms with Crippen LogP contribution in [0, 0.1) is 11.3 Å². The maximum Gasteiger partial charge on any atom is 0.0998 e. The minimum absolute atomic E-state index is 0.517. The Kier molecular flexibility index (Phi) is 4.97. The van der Waals surface area contributed by atoms with Gasteiger partial charge in [0.1, 0.15) is 0 Å². The lowest BCUT2D eigenvalue weighted by atomic mass is 10.0. The summed E-state index contributed by atoms with van der Waals surface area (Å²) in [6, 6.07) is 19.1. The summed E-state index contributed by atoms with van der Waals surface area (Å²) in [6.45, 7) is 3.31. The fourth-order valence-electron chi connectivity index (χ4n) is 4.01. The number of nitriles is 1. The number of piperidine rings is 1. The van der Waals surface area contributed by atoms with Crippen LogP contribution >= 0.6 is 11.6 Å². The minimum atomic E-state index is 0.517. The van der Waals surface area contributed by atoms with Crippen LogP contribution < -0.4 is 0 Å². The van der Waals surface area contributed by atoms with Crippen LogP contribution in [0.4, 0.5) is 0 Å². The molecule has 132 valence electrons. The van der Waals surface area contributed by atoms with Gasteiger partial charge in [0, 0.05) is 47.8 Å². The molecule has 2 aromatic carbocycles. The van der Waals surface area contributed by atoms with Crippen molar-refractivity contribution in [1.29, 1.82) is 5.26 Å². The molecule has 1 aliphatic rings. The fourth-order valence-corrected chi connectivity index (χ4v) is 4.22. The molecule has 0 radical (unpaired) electrons. The molecule has 1 aromatic heterocycles. The Bertz CT molecular complexity index is 945. The molecule has 1 aliphatic heterocycles. The van der Waals surface area contributed by atoms with Gasteiger partial charge in [-0.05, 0) is 55.2 Å². The second kappa shape index (κ2) is 7.53. The molecular weight excluding hydrogens is 342 g/mol. The van der Waals surface area contributed by atoms with Crippen LogP contribution in [0.5, 0.6) is 0 Å². The zero-order valence-corrected chi connectivity index (χ0v) is 15.5. The van der Waals surface area contributed by atoms with Gasteiger partial charge in [0.15, 0.2) is 0 Å². The standard InChI is InChI=1S/C22H22ClN3/c23-19-5-1-3-17(15-19)7-11-25-12-8-20(9-13-25)26-14-10-21-18(16-24)4-2-6-22(21)26/h1-6,10,14-15,20H,7-9,11-13H2. The number of hydrogen-bond donors (Lipinski definition) is 0. The van der Waals surface area contributed by atoms with Crippen molar-refractivity contribution in [3.63, 3.8) is 0 Å². The molecule has 3 nitrogen and oxygen atoms in total. The van der Waals surface area contributed by atoms with E-state index >= 15 is 0 Å². The first-order valence-electron chi connectivity index (χ1n) is 9.21. The Hall–Kier alpha value is -2.28. The van der Waals surface area contributed by atoms with Gasteiger partial charge in [-0.3, -0.25) is 0 Å². The second-order valence-corrected chi connectivity index (χ2v) is 7.46. The fraction of sp³-hybridized carbons (Fsp3) is 0.318. The molecule has 4 rings (SSSR count). The molecule has 0 bridgehead atoms.